The lowest BCUT2D eigenvalue weighted by atomic mass is 9.97. The van der Waals surface area contributed by atoms with Crippen LogP contribution in [-0.2, 0) is 9.53 Å². The molecule has 1 aromatic heterocycles. The Balaban J connectivity index is 2.11. The van der Waals surface area contributed by atoms with Gasteiger partial charge in [0.15, 0.2) is 0 Å². The van der Waals surface area contributed by atoms with E-state index in [1.54, 1.807) is 16.2 Å². The lowest BCUT2D eigenvalue weighted by molar-refractivity contribution is -0.137. The SMILES string of the molecule is Cc1ccc(C(C)N(C)C(=O)C2(N)CCOC2)s1. The maximum Gasteiger partial charge on any atom is 0.245 e. The summed E-state index contributed by atoms with van der Waals surface area (Å²) in [4.78, 5) is 16.6. The number of thiophene rings is 1. The zero-order chi connectivity index (χ0) is 13.3. The van der Waals surface area contributed by atoms with Gasteiger partial charge in [-0.2, -0.15) is 0 Å². The number of nitrogens with zero attached hydrogens (tertiary/aromatic N) is 1. The molecule has 0 spiro atoms. The smallest absolute Gasteiger partial charge is 0.245 e. The number of carbonyl (C=O) groups excluding carboxylic acids is 1. The van der Waals surface area contributed by atoms with E-state index in [4.69, 9.17) is 10.5 Å². The van der Waals surface area contributed by atoms with Gasteiger partial charge in [0, 0.05) is 23.4 Å². The Bertz CT molecular complexity index is 438. The number of hydrogen-bond donors (Lipinski definition) is 1. The highest BCUT2D eigenvalue weighted by Gasteiger charge is 2.41. The zero-order valence-corrected chi connectivity index (χ0v) is 11.9. The standard InChI is InChI=1S/C13H20N2O2S/c1-9-4-5-11(18-9)10(2)15(3)12(16)13(14)6-7-17-8-13/h4-5,10H,6-8,14H2,1-3H3. The van der Waals surface area contributed by atoms with Gasteiger partial charge in [0.1, 0.15) is 5.54 Å². The van der Waals surface area contributed by atoms with E-state index in [2.05, 4.69) is 19.1 Å². The third-order valence-corrected chi connectivity index (χ3v) is 4.72. The maximum absolute atomic E-state index is 12.4. The molecule has 2 rings (SSSR count). The van der Waals surface area contributed by atoms with Gasteiger partial charge < -0.3 is 15.4 Å². The lowest BCUT2D eigenvalue weighted by Crippen LogP contribution is -2.55. The van der Waals surface area contributed by atoms with Crippen LogP contribution in [0, 0.1) is 6.92 Å². The van der Waals surface area contributed by atoms with Crippen molar-refractivity contribution in [3.63, 3.8) is 0 Å². The molecule has 0 radical (unpaired) electrons. The molecule has 4 nitrogen and oxygen atoms in total. The minimum atomic E-state index is -0.838. The number of likely N-dealkylation sites (N-methyl/N-ethyl adjacent to an activating group) is 1. The number of carbonyl (C=O) groups is 1. The molecule has 1 saturated heterocycles. The van der Waals surface area contributed by atoms with Gasteiger partial charge in [0.05, 0.1) is 12.6 Å². The molecule has 5 heteroatoms. The molecule has 0 aliphatic carbocycles. The van der Waals surface area contributed by atoms with Crippen molar-refractivity contribution in [2.75, 3.05) is 20.3 Å². The molecular weight excluding hydrogens is 248 g/mol. The fourth-order valence-electron chi connectivity index (χ4n) is 2.15. The second kappa shape index (κ2) is 4.99. The van der Waals surface area contributed by atoms with Crippen LogP contribution in [0.25, 0.3) is 0 Å². The Morgan fingerprint density at radius 2 is 2.33 bits per heavy atom. The zero-order valence-electron chi connectivity index (χ0n) is 11.1. The first-order valence-corrected chi connectivity index (χ1v) is 6.96. The summed E-state index contributed by atoms with van der Waals surface area (Å²) in [6.45, 7) is 5.00. The van der Waals surface area contributed by atoms with Crippen molar-refractivity contribution in [3.05, 3.63) is 21.9 Å². The van der Waals surface area contributed by atoms with Crippen LogP contribution in [-0.4, -0.2) is 36.6 Å². The minimum absolute atomic E-state index is 0.0291. The van der Waals surface area contributed by atoms with E-state index >= 15 is 0 Å². The number of amides is 1. The van der Waals surface area contributed by atoms with Crippen LogP contribution in [0.15, 0.2) is 12.1 Å². The normalized spacial score (nSPS) is 25.1. The third kappa shape index (κ3) is 2.43. The van der Waals surface area contributed by atoms with Gasteiger partial charge in [-0.05, 0) is 32.4 Å². The van der Waals surface area contributed by atoms with E-state index in [0.29, 0.717) is 19.6 Å². The number of rotatable bonds is 3. The quantitative estimate of drug-likeness (QED) is 0.907. The number of nitrogens with two attached hydrogens (primary N) is 1. The molecular formula is C13H20N2O2S. The summed E-state index contributed by atoms with van der Waals surface area (Å²) in [6.07, 6.45) is 0.604. The van der Waals surface area contributed by atoms with Crippen LogP contribution in [0.3, 0.4) is 0 Å². The summed E-state index contributed by atoms with van der Waals surface area (Å²) in [5, 5.41) is 0. The van der Waals surface area contributed by atoms with E-state index in [9.17, 15) is 4.79 Å². The number of ether oxygens (including phenoxy) is 1. The van der Waals surface area contributed by atoms with Crippen LogP contribution < -0.4 is 5.73 Å². The van der Waals surface area contributed by atoms with E-state index in [1.807, 2.05) is 14.0 Å². The largest absolute Gasteiger partial charge is 0.379 e. The Kier molecular flexibility index (Phi) is 3.75. The van der Waals surface area contributed by atoms with Gasteiger partial charge in [-0.25, -0.2) is 0 Å². The molecule has 1 aromatic rings. The Morgan fingerprint density at radius 3 is 2.83 bits per heavy atom. The van der Waals surface area contributed by atoms with E-state index in [-0.39, 0.29) is 11.9 Å². The fraction of sp³-hybridized carbons (Fsp3) is 0.615. The minimum Gasteiger partial charge on any atom is -0.379 e. The van der Waals surface area contributed by atoms with Crippen molar-refractivity contribution < 1.29 is 9.53 Å². The predicted molar refractivity (Wildman–Crippen MR) is 72.6 cm³/mol. The summed E-state index contributed by atoms with van der Waals surface area (Å²) in [6, 6.07) is 4.20. The molecule has 2 atom stereocenters. The molecule has 2 heterocycles. The fourth-order valence-corrected chi connectivity index (χ4v) is 3.12. The van der Waals surface area contributed by atoms with Crippen LogP contribution >= 0.6 is 11.3 Å². The first-order chi connectivity index (χ1) is 8.44. The molecule has 1 fully saturated rings. The van der Waals surface area contributed by atoms with Crippen molar-refractivity contribution in [1.82, 2.24) is 4.90 Å². The molecule has 0 bridgehead atoms. The number of hydrogen-bond acceptors (Lipinski definition) is 4. The highest BCUT2D eigenvalue weighted by molar-refractivity contribution is 7.12. The van der Waals surface area contributed by atoms with Gasteiger partial charge in [-0.1, -0.05) is 0 Å². The van der Waals surface area contributed by atoms with Crippen molar-refractivity contribution in [2.24, 2.45) is 5.73 Å². The van der Waals surface area contributed by atoms with Gasteiger partial charge in [-0.15, -0.1) is 11.3 Å². The molecule has 2 unspecified atom stereocenters. The molecule has 0 saturated carbocycles. The molecule has 1 aliphatic rings. The van der Waals surface area contributed by atoms with E-state index in [0.717, 1.165) is 0 Å². The first kappa shape index (κ1) is 13.5. The highest BCUT2D eigenvalue weighted by atomic mass is 32.1. The average Bonchev–Trinajstić information content (AvgIpc) is 2.96. The van der Waals surface area contributed by atoms with Crippen LogP contribution in [0.2, 0.25) is 0 Å². The summed E-state index contributed by atoms with van der Waals surface area (Å²) in [7, 11) is 1.81. The summed E-state index contributed by atoms with van der Waals surface area (Å²) in [5.41, 5.74) is 5.27. The molecule has 18 heavy (non-hydrogen) atoms. The summed E-state index contributed by atoms with van der Waals surface area (Å²) in [5.74, 6) is -0.0291. The van der Waals surface area contributed by atoms with Crippen molar-refractivity contribution in [1.29, 1.82) is 0 Å². The van der Waals surface area contributed by atoms with Crippen LogP contribution in [0.1, 0.15) is 29.1 Å². The Morgan fingerprint density at radius 1 is 1.61 bits per heavy atom. The summed E-state index contributed by atoms with van der Waals surface area (Å²) >= 11 is 1.72. The highest BCUT2D eigenvalue weighted by Crippen LogP contribution is 2.29. The molecule has 0 aromatic carbocycles. The average molecular weight is 268 g/mol. The van der Waals surface area contributed by atoms with Crippen LogP contribution in [0.5, 0.6) is 0 Å². The monoisotopic (exact) mass is 268 g/mol. The second-order valence-electron chi connectivity index (χ2n) is 5.00. The molecule has 100 valence electrons. The van der Waals surface area contributed by atoms with Gasteiger partial charge >= 0.3 is 0 Å². The Hall–Kier alpha value is -0.910. The summed E-state index contributed by atoms with van der Waals surface area (Å²) < 4.78 is 5.25. The lowest BCUT2D eigenvalue weighted by Gasteiger charge is -2.31. The first-order valence-electron chi connectivity index (χ1n) is 6.14. The van der Waals surface area contributed by atoms with Crippen molar-refractivity contribution >= 4 is 17.2 Å². The van der Waals surface area contributed by atoms with E-state index in [1.165, 1.54) is 9.75 Å². The number of aryl methyl sites for hydroxylation is 1. The maximum atomic E-state index is 12.4. The van der Waals surface area contributed by atoms with Gasteiger partial charge in [0.25, 0.3) is 0 Å². The van der Waals surface area contributed by atoms with E-state index < -0.39 is 5.54 Å². The molecule has 1 aliphatic heterocycles. The van der Waals surface area contributed by atoms with Gasteiger partial charge in [-0.3, -0.25) is 4.79 Å². The molecule has 1 amide bonds. The topological polar surface area (TPSA) is 55.6 Å². The predicted octanol–water partition coefficient (Wildman–Crippen LogP) is 1.69. The van der Waals surface area contributed by atoms with Crippen LogP contribution in [0.4, 0.5) is 0 Å². The van der Waals surface area contributed by atoms with Crippen molar-refractivity contribution in [3.8, 4) is 0 Å². The second-order valence-corrected chi connectivity index (χ2v) is 6.32. The Labute approximate surface area is 112 Å². The van der Waals surface area contributed by atoms with Crippen molar-refractivity contribution in [2.45, 2.75) is 31.8 Å². The molecule has 2 N–H and O–H groups in total. The third-order valence-electron chi connectivity index (χ3n) is 3.55. The van der Waals surface area contributed by atoms with Gasteiger partial charge in [0.2, 0.25) is 5.91 Å².